The van der Waals surface area contributed by atoms with E-state index in [1.165, 1.54) is 6.07 Å². The lowest BCUT2D eigenvalue weighted by molar-refractivity contribution is 0.370. The molecule has 0 saturated heterocycles. The van der Waals surface area contributed by atoms with Gasteiger partial charge in [0.15, 0.2) is 16.9 Å². The number of aromatic hydroxyl groups is 3. The third-order valence-corrected chi connectivity index (χ3v) is 3.00. The highest BCUT2D eigenvalue weighted by Gasteiger charge is 2.17. The molecule has 0 spiro atoms. The third kappa shape index (κ3) is 4.49. The average molecular weight is 366 g/mol. The second-order valence-corrected chi connectivity index (χ2v) is 6.51. The van der Waals surface area contributed by atoms with Crippen LogP contribution in [0.5, 0.6) is 17.2 Å². The molecule has 0 saturated carbocycles. The molecular weight excluding hydrogens is 352 g/mol. The van der Waals surface area contributed by atoms with Crippen LogP contribution in [-0.2, 0) is 10.1 Å². The minimum absolute atomic E-state index is 0.00385. The highest BCUT2D eigenvalue weighted by Crippen LogP contribution is 2.40. The first-order chi connectivity index (χ1) is 11.6. The largest absolute Gasteiger partial charge is 0.504 e. The van der Waals surface area contributed by atoms with Crippen LogP contribution in [-0.4, -0.2) is 34.5 Å². The molecule has 0 unspecified atom stereocenters. The minimum atomic E-state index is -3.67. The molecule has 0 bridgehead atoms. The zero-order valence-electron chi connectivity index (χ0n) is 12.9. The van der Waals surface area contributed by atoms with Gasteiger partial charge in [-0.05, 0) is 0 Å². The first kappa shape index (κ1) is 18.3. The molecule has 0 radical (unpaired) electrons. The average Bonchev–Trinajstić information content (AvgIpc) is 2.51. The van der Waals surface area contributed by atoms with Crippen LogP contribution in [0.2, 0.25) is 0 Å². The molecule has 0 aliphatic carbocycles. The van der Waals surface area contributed by atoms with Crippen molar-refractivity contribution in [1.82, 2.24) is 0 Å². The van der Waals surface area contributed by atoms with Gasteiger partial charge in [0.1, 0.15) is 16.7 Å². The molecule has 0 aliphatic rings. The van der Waals surface area contributed by atoms with Crippen LogP contribution in [0, 0.1) is 0 Å². The molecule has 8 nitrogen and oxygen atoms in total. The van der Waals surface area contributed by atoms with Gasteiger partial charge >= 0.3 is 0 Å². The minimum Gasteiger partial charge on any atom is -0.504 e. The van der Waals surface area contributed by atoms with E-state index >= 15 is 0 Å². The fourth-order valence-corrected chi connectivity index (χ4v) is 2.02. The van der Waals surface area contributed by atoms with E-state index in [0.717, 1.165) is 6.07 Å². The van der Waals surface area contributed by atoms with E-state index in [1.807, 2.05) is 6.07 Å². The summed E-state index contributed by atoms with van der Waals surface area (Å²) in [5, 5.41) is 28.5. The second kappa shape index (κ2) is 6.83. The molecule has 0 aliphatic heterocycles. The van der Waals surface area contributed by atoms with Gasteiger partial charge in [-0.3, -0.25) is 9.35 Å². The molecule has 25 heavy (non-hydrogen) atoms. The summed E-state index contributed by atoms with van der Waals surface area (Å²) in [6.45, 7) is 0. The standard InChI is InChI=1S/C15H10O5.CH4O3S/c16-9-6-11(8-4-2-1-3-5-8)20-12-7-10(17)14(18)15(19)13(9)12;1-5(2,3)4/h1-7,17-19H;1H3,(H,2,3,4). The molecule has 2 aromatic carbocycles. The molecule has 0 amide bonds. The van der Waals surface area contributed by atoms with Crippen molar-refractivity contribution in [1.29, 1.82) is 0 Å². The predicted octanol–water partition coefficient (Wildman–Crippen LogP) is 2.08. The van der Waals surface area contributed by atoms with Crippen LogP contribution >= 0.6 is 0 Å². The molecule has 1 aromatic heterocycles. The zero-order chi connectivity index (χ0) is 18.8. The summed E-state index contributed by atoms with van der Waals surface area (Å²) < 4.78 is 31.4. The summed E-state index contributed by atoms with van der Waals surface area (Å²) >= 11 is 0. The Balaban J connectivity index is 0.000000399. The Morgan fingerprint density at radius 2 is 1.52 bits per heavy atom. The summed E-state index contributed by atoms with van der Waals surface area (Å²) in [4.78, 5) is 12.0. The van der Waals surface area contributed by atoms with Crippen molar-refractivity contribution in [2.75, 3.05) is 6.26 Å². The highest BCUT2D eigenvalue weighted by molar-refractivity contribution is 7.85. The Hall–Kier alpha value is -3.04. The van der Waals surface area contributed by atoms with Gasteiger partial charge in [0.05, 0.1) is 6.26 Å². The molecule has 1 heterocycles. The SMILES string of the molecule is CS(=O)(=O)O.O=c1cc(-c2ccccc2)oc2cc(O)c(O)c(O)c12. The van der Waals surface area contributed by atoms with Gasteiger partial charge in [0, 0.05) is 17.7 Å². The van der Waals surface area contributed by atoms with Crippen LogP contribution in [0.4, 0.5) is 0 Å². The fraction of sp³-hybridized carbons (Fsp3) is 0.0625. The normalized spacial score (nSPS) is 11.0. The molecule has 0 fully saturated rings. The van der Waals surface area contributed by atoms with Gasteiger partial charge in [0.25, 0.3) is 10.1 Å². The number of fused-ring (bicyclic) bond motifs is 1. The Morgan fingerprint density at radius 3 is 2.08 bits per heavy atom. The van der Waals surface area contributed by atoms with E-state index in [1.54, 1.807) is 24.3 Å². The van der Waals surface area contributed by atoms with Gasteiger partial charge in [-0.25, -0.2) is 0 Å². The van der Waals surface area contributed by atoms with E-state index in [9.17, 15) is 28.5 Å². The monoisotopic (exact) mass is 366 g/mol. The van der Waals surface area contributed by atoms with Gasteiger partial charge in [-0.15, -0.1) is 0 Å². The Kier molecular flexibility index (Phi) is 5.00. The van der Waals surface area contributed by atoms with Crippen molar-refractivity contribution >= 4 is 21.1 Å². The molecule has 132 valence electrons. The topological polar surface area (TPSA) is 145 Å². The van der Waals surface area contributed by atoms with E-state index in [0.29, 0.717) is 17.6 Å². The van der Waals surface area contributed by atoms with Crippen molar-refractivity contribution in [3.63, 3.8) is 0 Å². The van der Waals surface area contributed by atoms with Crippen molar-refractivity contribution in [3.05, 3.63) is 52.7 Å². The smallest absolute Gasteiger partial charge is 0.261 e. The summed E-state index contributed by atoms with van der Waals surface area (Å²) in [5.74, 6) is -1.67. The van der Waals surface area contributed by atoms with Gasteiger partial charge in [0.2, 0.25) is 5.75 Å². The number of hydrogen-bond acceptors (Lipinski definition) is 7. The molecular formula is C16H14O8S. The van der Waals surface area contributed by atoms with Crippen molar-refractivity contribution in [3.8, 4) is 28.6 Å². The van der Waals surface area contributed by atoms with E-state index in [4.69, 9.17) is 8.97 Å². The van der Waals surface area contributed by atoms with Crippen LogP contribution in [0.1, 0.15) is 0 Å². The predicted molar refractivity (Wildman–Crippen MR) is 90.4 cm³/mol. The second-order valence-electron chi connectivity index (χ2n) is 5.04. The first-order valence-corrected chi connectivity index (χ1v) is 8.62. The maximum Gasteiger partial charge on any atom is 0.261 e. The van der Waals surface area contributed by atoms with E-state index < -0.39 is 32.8 Å². The lowest BCUT2D eigenvalue weighted by Crippen LogP contribution is -2.00. The number of hydrogen-bond donors (Lipinski definition) is 4. The van der Waals surface area contributed by atoms with Crippen LogP contribution < -0.4 is 5.43 Å². The third-order valence-electron chi connectivity index (χ3n) is 3.00. The van der Waals surface area contributed by atoms with E-state index in [-0.39, 0.29) is 11.0 Å². The number of benzene rings is 2. The zero-order valence-corrected chi connectivity index (χ0v) is 13.7. The van der Waals surface area contributed by atoms with Gasteiger partial charge in [-0.2, -0.15) is 8.42 Å². The van der Waals surface area contributed by atoms with Crippen LogP contribution in [0.15, 0.2) is 51.7 Å². The lowest BCUT2D eigenvalue weighted by Gasteiger charge is -2.06. The van der Waals surface area contributed by atoms with Crippen molar-refractivity contribution in [2.24, 2.45) is 0 Å². The quantitative estimate of drug-likeness (QED) is 0.378. The van der Waals surface area contributed by atoms with Gasteiger partial charge in [-0.1, -0.05) is 30.3 Å². The summed E-state index contributed by atoms with van der Waals surface area (Å²) in [7, 11) is -3.67. The first-order valence-electron chi connectivity index (χ1n) is 6.77. The van der Waals surface area contributed by atoms with E-state index in [2.05, 4.69) is 0 Å². The number of phenols is 3. The molecule has 3 aromatic rings. The van der Waals surface area contributed by atoms with Gasteiger partial charge < -0.3 is 19.7 Å². The molecule has 9 heteroatoms. The maximum absolute atomic E-state index is 12.0. The lowest BCUT2D eigenvalue weighted by atomic mass is 10.1. The fourth-order valence-electron chi connectivity index (χ4n) is 2.02. The molecule has 4 N–H and O–H groups in total. The summed E-state index contributed by atoms with van der Waals surface area (Å²) in [6, 6.07) is 11.3. The van der Waals surface area contributed by atoms with Crippen LogP contribution in [0.25, 0.3) is 22.3 Å². The molecule has 3 rings (SSSR count). The van der Waals surface area contributed by atoms with Crippen molar-refractivity contribution < 1.29 is 32.7 Å². The maximum atomic E-state index is 12.0. The molecule has 0 atom stereocenters. The summed E-state index contributed by atoms with van der Waals surface area (Å²) in [5.41, 5.74) is 0.195. The summed E-state index contributed by atoms with van der Waals surface area (Å²) in [6.07, 6.45) is 0.715. The highest BCUT2D eigenvalue weighted by atomic mass is 32.2. The Bertz CT molecular complexity index is 1060. The van der Waals surface area contributed by atoms with Crippen molar-refractivity contribution in [2.45, 2.75) is 0 Å². The van der Waals surface area contributed by atoms with Crippen LogP contribution in [0.3, 0.4) is 0 Å². The Morgan fingerprint density at radius 1 is 0.960 bits per heavy atom. The Labute approximate surface area is 142 Å². The number of rotatable bonds is 1. The number of phenolic OH excluding ortho intramolecular Hbond substituents is 3.